The second-order valence-corrected chi connectivity index (χ2v) is 6.17. The monoisotopic (exact) mass is 288 g/mol. The molecule has 1 saturated heterocycles. The van der Waals surface area contributed by atoms with Crippen molar-refractivity contribution in [2.45, 2.75) is 30.9 Å². The molecule has 2 rings (SSSR count). The number of aliphatic hydroxyl groups is 1. The van der Waals surface area contributed by atoms with Crippen LogP contribution in [0.3, 0.4) is 0 Å². The van der Waals surface area contributed by atoms with Crippen LogP contribution in [0.25, 0.3) is 0 Å². The Morgan fingerprint density at radius 3 is 2.79 bits per heavy atom. The van der Waals surface area contributed by atoms with Gasteiger partial charge in [-0.05, 0) is 6.92 Å². The van der Waals surface area contributed by atoms with Gasteiger partial charge in [0.1, 0.15) is 6.23 Å². The van der Waals surface area contributed by atoms with Gasteiger partial charge in [-0.1, -0.05) is 0 Å². The summed E-state index contributed by atoms with van der Waals surface area (Å²) in [6, 6.07) is 0. The van der Waals surface area contributed by atoms with Crippen molar-refractivity contribution in [3.63, 3.8) is 0 Å². The van der Waals surface area contributed by atoms with Gasteiger partial charge in [-0.25, -0.2) is 4.79 Å². The van der Waals surface area contributed by atoms with Crippen LogP contribution in [0.5, 0.6) is 0 Å². The van der Waals surface area contributed by atoms with E-state index >= 15 is 0 Å². The Morgan fingerprint density at radius 1 is 1.58 bits per heavy atom. The molecule has 0 saturated carbocycles. The Kier molecular flexibility index (Phi) is 4.02. The van der Waals surface area contributed by atoms with Gasteiger partial charge in [0.25, 0.3) is 5.56 Å². The molecule has 1 aromatic heterocycles. The van der Waals surface area contributed by atoms with Crippen LogP contribution in [-0.4, -0.2) is 43.1 Å². The molecule has 1 fully saturated rings. The summed E-state index contributed by atoms with van der Waals surface area (Å²) in [5.74, 6) is 0. The first-order chi connectivity index (χ1) is 8.93. The first-order valence-electron chi connectivity index (χ1n) is 5.84. The maximum atomic E-state index is 11.7. The minimum atomic E-state index is -1.15. The number of aliphatic hydroxyl groups excluding tert-OH is 1. The number of rotatable bonds is 3. The maximum absolute atomic E-state index is 11.7. The van der Waals surface area contributed by atoms with Crippen LogP contribution in [0.1, 0.15) is 18.2 Å². The lowest BCUT2D eigenvalue weighted by Gasteiger charge is -2.14. The Labute approximate surface area is 111 Å². The number of aromatic nitrogens is 2. The average molecular weight is 288 g/mol. The van der Waals surface area contributed by atoms with Crippen molar-refractivity contribution < 1.29 is 14.1 Å². The summed E-state index contributed by atoms with van der Waals surface area (Å²) in [4.78, 5) is 25.2. The number of hydrogen-bond acceptors (Lipinski definition) is 5. The second-order valence-electron chi connectivity index (χ2n) is 4.56. The van der Waals surface area contributed by atoms with E-state index in [9.17, 15) is 18.9 Å². The van der Waals surface area contributed by atoms with Gasteiger partial charge in [0.2, 0.25) is 0 Å². The fourth-order valence-electron chi connectivity index (χ4n) is 2.18. The maximum Gasteiger partial charge on any atom is 0.330 e. The van der Waals surface area contributed by atoms with E-state index in [2.05, 4.69) is 4.98 Å². The summed E-state index contributed by atoms with van der Waals surface area (Å²) in [5, 5.41) is 8.89. The van der Waals surface area contributed by atoms with Crippen molar-refractivity contribution in [1.29, 1.82) is 0 Å². The highest BCUT2D eigenvalue weighted by molar-refractivity contribution is 7.85. The van der Waals surface area contributed by atoms with Crippen LogP contribution < -0.4 is 11.2 Å². The predicted octanol–water partition coefficient (Wildman–Crippen LogP) is -1.13. The molecule has 0 amide bonds. The SMILES string of the molecule is Cc1cn([C@H]2C[C@H]([S@@](C)=O)[C@@H](CO)O2)c(=O)[nH]c1=O. The molecule has 0 radical (unpaired) electrons. The van der Waals surface area contributed by atoms with Crippen molar-refractivity contribution in [2.75, 3.05) is 12.9 Å². The van der Waals surface area contributed by atoms with Crippen LogP contribution in [0.15, 0.2) is 15.8 Å². The quantitative estimate of drug-likeness (QED) is 0.733. The highest BCUT2D eigenvalue weighted by Gasteiger charge is 2.38. The molecule has 0 aliphatic carbocycles. The van der Waals surface area contributed by atoms with Gasteiger partial charge < -0.3 is 9.84 Å². The third-order valence-corrected chi connectivity index (χ3v) is 4.59. The van der Waals surface area contributed by atoms with Crippen LogP contribution in [-0.2, 0) is 15.5 Å². The summed E-state index contributed by atoms with van der Waals surface area (Å²) < 4.78 is 18.4. The lowest BCUT2D eigenvalue weighted by atomic mass is 10.2. The number of nitrogens with one attached hydrogen (secondary N) is 1. The molecule has 1 aliphatic heterocycles. The zero-order valence-electron chi connectivity index (χ0n) is 10.7. The zero-order chi connectivity index (χ0) is 14.2. The molecule has 2 N–H and O–H groups in total. The molecule has 0 unspecified atom stereocenters. The topological polar surface area (TPSA) is 101 Å². The smallest absolute Gasteiger partial charge is 0.330 e. The molecule has 7 nitrogen and oxygen atoms in total. The summed E-state index contributed by atoms with van der Waals surface area (Å²) in [6.45, 7) is 1.33. The van der Waals surface area contributed by atoms with Gasteiger partial charge in [-0.2, -0.15) is 0 Å². The molecule has 19 heavy (non-hydrogen) atoms. The number of H-pyrrole nitrogens is 1. The number of aromatic amines is 1. The lowest BCUT2D eigenvalue weighted by molar-refractivity contribution is -0.0240. The Bertz CT molecular complexity index is 608. The Hall–Kier alpha value is -1.25. The van der Waals surface area contributed by atoms with Gasteiger partial charge in [-0.15, -0.1) is 0 Å². The molecular formula is C11H16N2O5S. The van der Waals surface area contributed by atoms with Gasteiger partial charge in [-0.3, -0.25) is 18.6 Å². The van der Waals surface area contributed by atoms with E-state index in [4.69, 9.17) is 4.74 Å². The largest absolute Gasteiger partial charge is 0.394 e. The van der Waals surface area contributed by atoms with Gasteiger partial charge in [0.05, 0.1) is 18.0 Å². The van der Waals surface area contributed by atoms with E-state index in [1.807, 2.05) is 0 Å². The molecule has 4 atom stereocenters. The normalized spacial score (nSPS) is 28.5. The van der Waals surface area contributed by atoms with Gasteiger partial charge in [0.15, 0.2) is 0 Å². The predicted molar refractivity (Wildman–Crippen MR) is 69.5 cm³/mol. The summed E-state index contributed by atoms with van der Waals surface area (Å²) >= 11 is 0. The highest BCUT2D eigenvalue weighted by atomic mass is 32.2. The lowest BCUT2D eigenvalue weighted by Crippen LogP contribution is -2.33. The van der Waals surface area contributed by atoms with Crippen molar-refractivity contribution in [1.82, 2.24) is 9.55 Å². The molecule has 1 aromatic rings. The van der Waals surface area contributed by atoms with Gasteiger partial charge >= 0.3 is 5.69 Å². The molecule has 0 aromatic carbocycles. The fourth-order valence-corrected chi connectivity index (χ4v) is 3.20. The minimum absolute atomic E-state index is 0.252. The number of ether oxygens (including phenoxy) is 1. The van der Waals surface area contributed by atoms with E-state index in [1.165, 1.54) is 10.8 Å². The Balaban J connectivity index is 2.35. The summed E-state index contributed by atoms with van der Waals surface area (Å²) in [5.41, 5.74) is -0.613. The van der Waals surface area contributed by atoms with Crippen molar-refractivity contribution in [2.24, 2.45) is 0 Å². The number of nitrogens with zero attached hydrogens (tertiary/aromatic N) is 1. The van der Waals surface area contributed by atoms with E-state index in [0.717, 1.165) is 0 Å². The fraction of sp³-hybridized carbons (Fsp3) is 0.636. The highest BCUT2D eigenvalue weighted by Crippen LogP contribution is 2.30. The zero-order valence-corrected chi connectivity index (χ0v) is 11.5. The molecule has 106 valence electrons. The van der Waals surface area contributed by atoms with Crippen LogP contribution >= 0.6 is 0 Å². The first-order valence-corrected chi connectivity index (χ1v) is 7.46. The van der Waals surface area contributed by atoms with Crippen LogP contribution in [0.2, 0.25) is 0 Å². The number of aryl methyl sites for hydroxylation is 1. The summed E-state index contributed by atoms with van der Waals surface area (Å²) in [6.07, 6.45) is 2.14. The molecule has 0 bridgehead atoms. The standard InChI is InChI=1S/C11H16N2O5S/c1-6-4-13(11(16)12-10(6)15)9-3-8(19(2)17)7(5-14)18-9/h4,7-9,14H,3,5H2,1-2H3,(H,12,15,16)/t7-,8+,9-,19-/m1/s1. The molecular weight excluding hydrogens is 272 g/mol. The van der Waals surface area contributed by atoms with E-state index in [1.54, 1.807) is 13.2 Å². The van der Waals surface area contributed by atoms with E-state index < -0.39 is 34.4 Å². The third-order valence-electron chi connectivity index (χ3n) is 3.24. The molecule has 2 heterocycles. The van der Waals surface area contributed by atoms with Gasteiger partial charge in [0, 0.05) is 35.2 Å². The van der Waals surface area contributed by atoms with E-state index in [0.29, 0.717) is 12.0 Å². The molecule has 8 heteroatoms. The Morgan fingerprint density at radius 2 is 2.26 bits per heavy atom. The van der Waals surface area contributed by atoms with Crippen molar-refractivity contribution in [3.05, 3.63) is 32.6 Å². The minimum Gasteiger partial charge on any atom is -0.394 e. The second kappa shape index (κ2) is 5.40. The first kappa shape index (κ1) is 14.2. The van der Waals surface area contributed by atoms with E-state index in [-0.39, 0.29) is 11.9 Å². The van der Waals surface area contributed by atoms with Crippen LogP contribution in [0.4, 0.5) is 0 Å². The van der Waals surface area contributed by atoms with Crippen LogP contribution in [0, 0.1) is 6.92 Å². The molecule has 1 aliphatic rings. The average Bonchev–Trinajstić information content (AvgIpc) is 2.77. The summed E-state index contributed by atoms with van der Waals surface area (Å²) in [7, 11) is -1.15. The van der Waals surface area contributed by atoms with Crippen molar-refractivity contribution >= 4 is 10.8 Å². The third kappa shape index (κ3) is 2.70. The number of hydrogen-bond donors (Lipinski definition) is 2. The molecule has 0 spiro atoms. The van der Waals surface area contributed by atoms with Crippen molar-refractivity contribution in [3.8, 4) is 0 Å².